The summed E-state index contributed by atoms with van der Waals surface area (Å²) in [6, 6.07) is 18.1. The van der Waals surface area contributed by atoms with Crippen molar-refractivity contribution >= 4 is 17.4 Å². The lowest BCUT2D eigenvalue weighted by atomic mass is 10.0. The molecule has 0 saturated carbocycles. The smallest absolute Gasteiger partial charge is 0.254 e. The van der Waals surface area contributed by atoms with E-state index in [1.807, 2.05) is 36.4 Å². The van der Waals surface area contributed by atoms with Gasteiger partial charge in [-0.15, -0.1) is 0 Å². The van der Waals surface area contributed by atoms with Crippen molar-refractivity contribution in [3.05, 3.63) is 96.7 Å². The van der Waals surface area contributed by atoms with E-state index in [4.69, 9.17) is 15.2 Å². The number of carbonyl (C=O) groups is 2. The number of rotatable bonds is 7. The number of carbonyl (C=O) groups excluding carboxylic acids is 2. The predicted molar refractivity (Wildman–Crippen MR) is 125 cm³/mol. The average Bonchev–Trinajstić information content (AvgIpc) is 2.85. The molecule has 7 heteroatoms. The van der Waals surface area contributed by atoms with Crippen LogP contribution in [0.1, 0.15) is 22.3 Å². The lowest BCUT2D eigenvalue weighted by Gasteiger charge is -2.26. The maximum atomic E-state index is 12.1. The molecule has 0 aliphatic carbocycles. The first-order valence-corrected chi connectivity index (χ1v) is 10.4. The Labute approximate surface area is 191 Å². The van der Waals surface area contributed by atoms with Crippen LogP contribution < -0.4 is 15.2 Å². The molecule has 0 saturated heterocycles. The predicted octanol–water partition coefficient (Wildman–Crippen LogP) is 4.57. The Kier molecular flexibility index (Phi) is 6.50. The molecule has 0 unspecified atom stereocenters. The van der Waals surface area contributed by atoms with Gasteiger partial charge in [0.15, 0.2) is 0 Å². The summed E-state index contributed by atoms with van der Waals surface area (Å²) in [6.45, 7) is 4.57. The molecule has 0 spiro atoms. The molecule has 1 aromatic heterocycles. The minimum Gasteiger partial charge on any atom is -0.457 e. The molecule has 0 radical (unpaired) electrons. The van der Waals surface area contributed by atoms with Crippen molar-refractivity contribution in [3.63, 3.8) is 0 Å². The number of primary amides is 1. The van der Waals surface area contributed by atoms with Gasteiger partial charge in [0.1, 0.15) is 22.8 Å². The van der Waals surface area contributed by atoms with Crippen LogP contribution in [0.2, 0.25) is 0 Å². The standard InChI is InChI=1S/C26H23N3O4/c1-2-24(30)29-14-6-7-18(17-29)19-15-23(25(27)31)26(28-16-19)33-22-12-10-21(11-13-22)32-20-8-4-3-5-9-20/h2-5,7-13,15-16H,1,6,14,17H2,(H2,27,31). The van der Waals surface area contributed by atoms with Crippen LogP contribution in [0.4, 0.5) is 0 Å². The summed E-state index contributed by atoms with van der Waals surface area (Å²) in [4.78, 5) is 30.1. The molecular weight excluding hydrogens is 418 g/mol. The molecule has 0 atom stereocenters. The Hall–Kier alpha value is -4.39. The van der Waals surface area contributed by atoms with Crippen molar-refractivity contribution in [1.29, 1.82) is 0 Å². The van der Waals surface area contributed by atoms with Gasteiger partial charge in [0.25, 0.3) is 5.91 Å². The van der Waals surface area contributed by atoms with Crippen molar-refractivity contribution in [2.24, 2.45) is 5.73 Å². The molecule has 1 aliphatic rings. The maximum Gasteiger partial charge on any atom is 0.254 e. The number of aromatic nitrogens is 1. The Bertz CT molecular complexity index is 1200. The summed E-state index contributed by atoms with van der Waals surface area (Å²) in [5, 5.41) is 0. The van der Waals surface area contributed by atoms with E-state index in [9.17, 15) is 9.59 Å². The van der Waals surface area contributed by atoms with Gasteiger partial charge in [-0.1, -0.05) is 30.9 Å². The molecular formula is C26H23N3O4. The Morgan fingerprint density at radius 2 is 1.67 bits per heavy atom. The van der Waals surface area contributed by atoms with Gasteiger partial charge in [0.2, 0.25) is 11.8 Å². The molecule has 1 aliphatic heterocycles. The number of nitrogens with two attached hydrogens (primary N) is 1. The van der Waals surface area contributed by atoms with Gasteiger partial charge in [-0.2, -0.15) is 0 Å². The van der Waals surface area contributed by atoms with E-state index in [2.05, 4.69) is 11.6 Å². The molecule has 4 rings (SSSR count). The van der Waals surface area contributed by atoms with Gasteiger partial charge in [-0.25, -0.2) is 4.98 Å². The number of pyridine rings is 1. The highest BCUT2D eigenvalue weighted by Crippen LogP contribution is 2.29. The lowest BCUT2D eigenvalue weighted by Crippen LogP contribution is -2.34. The molecule has 2 amide bonds. The van der Waals surface area contributed by atoms with Crippen LogP contribution in [0.25, 0.3) is 5.57 Å². The Morgan fingerprint density at radius 1 is 1.00 bits per heavy atom. The van der Waals surface area contributed by atoms with Crippen LogP contribution in [0.5, 0.6) is 23.1 Å². The second-order valence-corrected chi connectivity index (χ2v) is 7.41. The highest BCUT2D eigenvalue weighted by molar-refractivity contribution is 5.96. The summed E-state index contributed by atoms with van der Waals surface area (Å²) in [5.41, 5.74) is 7.36. The fourth-order valence-corrected chi connectivity index (χ4v) is 3.47. The molecule has 7 nitrogen and oxygen atoms in total. The van der Waals surface area contributed by atoms with Crippen LogP contribution in [-0.4, -0.2) is 34.8 Å². The zero-order chi connectivity index (χ0) is 23.2. The van der Waals surface area contributed by atoms with E-state index in [1.165, 1.54) is 6.08 Å². The third-order valence-corrected chi connectivity index (χ3v) is 5.14. The minimum atomic E-state index is -0.654. The zero-order valence-corrected chi connectivity index (χ0v) is 17.9. The number of nitrogens with zero attached hydrogens (tertiary/aromatic N) is 2. The van der Waals surface area contributed by atoms with Crippen molar-refractivity contribution in [1.82, 2.24) is 9.88 Å². The lowest BCUT2D eigenvalue weighted by molar-refractivity contribution is -0.125. The molecule has 2 N–H and O–H groups in total. The van der Waals surface area contributed by atoms with Gasteiger partial charge in [0, 0.05) is 19.3 Å². The van der Waals surface area contributed by atoms with Crippen LogP contribution in [0.15, 0.2) is 85.6 Å². The average molecular weight is 441 g/mol. The van der Waals surface area contributed by atoms with Crippen molar-refractivity contribution in [3.8, 4) is 23.1 Å². The van der Waals surface area contributed by atoms with E-state index >= 15 is 0 Å². The molecule has 166 valence electrons. The third kappa shape index (κ3) is 5.27. The second kappa shape index (κ2) is 9.82. The number of amides is 2. The number of benzene rings is 2. The zero-order valence-electron chi connectivity index (χ0n) is 17.9. The monoisotopic (exact) mass is 441 g/mol. The normalized spacial score (nSPS) is 13.1. The van der Waals surface area contributed by atoms with Crippen molar-refractivity contribution in [2.45, 2.75) is 6.42 Å². The largest absolute Gasteiger partial charge is 0.457 e. The minimum absolute atomic E-state index is 0.110. The van der Waals surface area contributed by atoms with Crippen LogP contribution in [0.3, 0.4) is 0 Å². The summed E-state index contributed by atoms with van der Waals surface area (Å²) in [7, 11) is 0. The van der Waals surface area contributed by atoms with Crippen molar-refractivity contribution < 1.29 is 19.1 Å². The van der Waals surface area contributed by atoms with Crippen LogP contribution in [0, 0.1) is 0 Å². The van der Waals surface area contributed by atoms with Crippen LogP contribution in [-0.2, 0) is 4.79 Å². The van der Waals surface area contributed by atoms with E-state index in [-0.39, 0.29) is 17.4 Å². The van der Waals surface area contributed by atoms with Crippen LogP contribution >= 0.6 is 0 Å². The van der Waals surface area contributed by atoms with Gasteiger partial charge in [0.05, 0.1) is 0 Å². The van der Waals surface area contributed by atoms with Gasteiger partial charge in [-0.05, 0) is 66.1 Å². The number of hydrogen-bond acceptors (Lipinski definition) is 5. The molecule has 3 aromatic rings. The summed E-state index contributed by atoms with van der Waals surface area (Å²) >= 11 is 0. The van der Waals surface area contributed by atoms with Gasteiger partial charge in [-0.3, -0.25) is 9.59 Å². The highest BCUT2D eigenvalue weighted by atomic mass is 16.5. The number of ether oxygens (including phenoxy) is 2. The summed E-state index contributed by atoms with van der Waals surface area (Å²) in [6.07, 6.45) is 5.64. The molecule has 0 fully saturated rings. The van der Waals surface area contributed by atoms with E-state index in [1.54, 1.807) is 41.4 Å². The fourth-order valence-electron chi connectivity index (χ4n) is 3.47. The topological polar surface area (TPSA) is 94.8 Å². The second-order valence-electron chi connectivity index (χ2n) is 7.41. The summed E-state index contributed by atoms with van der Waals surface area (Å²) in [5.74, 6) is 1.18. The van der Waals surface area contributed by atoms with Gasteiger partial charge < -0.3 is 20.1 Å². The first-order valence-electron chi connectivity index (χ1n) is 10.4. The first-order chi connectivity index (χ1) is 16.0. The summed E-state index contributed by atoms with van der Waals surface area (Å²) < 4.78 is 11.6. The van der Waals surface area contributed by atoms with E-state index in [0.717, 1.165) is 11.3 Å². The quantitative estimate of drug-likeness (QED) is 0.542. The first kappa shape index (κ1) is 21.8. The molecule has 33 heavy (non-hydrogen) atoms. The molecule has 2 heterocycles. The third-order valence-electron chi connectivity index (χ3n) is 5.14. The van der Waals surface area contributed by atoms with Gasteiger partial charge >= 0.3 is 0 Å². The van der Waals surface area contributed by atoms with E-state index in [0.29, 0.717) is 36.6 Å². The highest BCUT2D eigenvalue weighted by Gasteiger charge is 2.20. The SMILES string of the molecule is C=CC(=O)N1CCC=C(c2cnc(Oc3ccc(Oc4ccccc4)cc3)c(C(N)=O)c2)C1. The Balaban J connectivity index is 1.51. The maximum absolute atomic E-state index is 12.1. The number of hydrogen-bond donors (Lipinski definition) is 1. The Morgan fingerprint density at radius 3 is 2.33 bits per heavy atom. The fraction of sp³-hybridized carbons (Fsp3) is 0.115. The molecule has 0 bridgehead atoms. The van der Waals surface area contributed by atoms with E-state index < -0.39 is 5.91 Å². The molecule has 2 aromatic carbocycles. The van der Waals surface area contributed by atoms with Crippen molar-refractivity contribution in [2.75, 3.05) is 13.1 Å². The number of para-hydroxylation sites is 1.